The number of aliphatic hydroxyl groups excluding tert-OH is 6. The number of hydrogen-bond donors (Lipinski definition) is 6. The van der Waals surface area contributed by atoms with E-state index in [1.54, 1.807) is 6.20 Å². The Balaban J connectivity index is 1.66. The van der Waals surface area contributed by atoms with Crippen molar-refractivity contribution in [3.05, 3.63) is 11.9 Å². The molecule has 1 saturated heterocycles. The molecule has 11 nitrogen and oxygen atoms in total. The molecule has 1 aliphatic heterocycles. The Kier molecular flexibility index (Phi) is 35.0. The monoisotopic (exact) mass is 868 g/mol. The fourth-order valence-corrected chi connectivity index (χ4v) is 8.86. The molecule has 1 fully saturated rings. The van der Waals surface area contributed by atoms with Gasteiger partial charge in [0.1, 0.15) is 36.6 Å². The normalized spacial score (nSPS) is 21.0. The van der Waals surface area contributed by atoms with E-state index >= 15 is 0 Å². The highest BCUT2D eigenvalue weighted by molar-refractivity contribution is 4.96. The van der Waals surface area contributed by atoms with Crippen molar-refractivity contribution in [1.82, 2.24) is 15.0 Å². The van der Waals surface area contributed by atoms with Crippen molar-refractivity contribution >= 4 is 0 Å². The average molecular weight is 868 g/mol. The Morgan fingerprint density at radius 2 is 0.951 bits per heavy atom. The van der Waals surface area contributed by atoms with E-state index in [1.807, 2.05) is 0 Å². The summed E-state index contributed by atoms with van der Waals surface area (Å²) in [5.41, 5.74) is 0.800. The molecule has 6 N–H and O–H groups in total. The van der Waals surface area contributed by atoms with Crippen LogP contribution in [0.1, 0.15) is 250 Å². The summed E-state index contributed by atoms with van der Waals surface area (Å²) >= 11 is 0. The molecule has 1 unspecified atom stereocenters. The summed E-state index contributed by atoms with van der Waals surface area (Å²) in [6, 6.07) is -0.842. The van der Waals surface area contributed by atoms with Crippen LogP contribution in [0.5, 0.6) is 0 Å². The van der Waals surface area contributed by atoms with Gasteiger partial charge in [0.2, 0.25) is 0 Å². The minimum atomic E-state index is -1.58. The summed E-state index contributed by atoms with van der Waals surface area (Å²) in [5.74, 6) is 0. The van der Waals surface area contributed by atoms with Crippen LogP contribution in [0.3, 0.4) is 0 Å². The van der Waals surface area contributed by atoms with Gasteiger partial charge in [-0.05, 0) is 19.3 Å². The van der Waals surface area contributed by atoms with Crippen molar-refractivity contribution in [2.75, 3.05) is 13.2 Å². The van der Waals surface area contributed by atoms with Crippen LogP contribution in [0.15, 0.2) is 6.20 Å². The molecule has 1 aromatic heterocycles. The number of aryl methyl sites for hydroxylation is 1. The largest absolute Gasteiger partial charge is 0.394 e. The van der Waals surface area contributed by atoms with Crippen molar-refractivity contribution in [2.45, 2.75) is 294 Å². The second-order valence-corrected chi connectivity index (χ2v) is 18.7. The molecule has 2 heterocycles. The predicted octanol–water partition coefficient (Wildman–Crippen LogP) is 10.6. The third-order valence-corrected chi connectivity index (χ3v) is 13.1. The fraction of sp³-hybridized carbons (Fsp3) is 0.960. The van der Waals surface area contributed by atoms with Crippen LogP contribution in [0.2, 0.25) is 0 Å². The molecule has 360 valence electrons. The van der Waals surface area contributed by atoms with E-state index in [-0.39, 0.29) is 6.61 Å². The van der Waals surface area contributed by atoms with Gasteiger partial charge in [0.25, 0.3) is 0 Å². The van der Waals surface area contributed by atoms with Crippen LogP contribution in [-0.4, -0.2) is 102 Å². The number of aliphatic hydroxyl groups is 6. The zero-order valence-corrected chi connectivity index (χ0v) is 39.4. The van der Waals surface area contributed by atoms with E-state index < -0.39 is 55.6 Å². The third-order valence-electron chi connectivity index (χ3n) is 13.1. The number of nitrogens with zero attached hydrogens (tertiary/aromatic N) is 3. The van der Waals surface area contributed by atoms with E-state index in [0.29, 0.717) is 6.42 Å². The first kappa shape index (κ1) is 56.0. The lowest BCUT2D eigenvalue weighted by molar-refractivity contribution is -0.304. The summed E-state index contributed by atoms with van der Waals surface area (Å²) in [6.07, 6.45) is 37.9. The van der Waals surface area contributed by atoms with Gasteiger partial charge in [-0.2, -0.15) is 0 Å². The zero-order chi connectivity index (χ0) is 44.2. The van der Waals surface area contributed by atoms with Gasteiger partial charge in [-0.3, -0.25) is 0 Å². The molecule has 0 saturated carbocycles. The van der Waals surface area contributed by atoms with E-state index in [2.05, 4.69) is 24.2 Å². The van der Waals surface area contributed by atoms with Crippen LogP contribution in [0.25, 0.3) is 0 Å². The third kappa shape index (κ3) is 26.4. The van der Waals surface area contributed by atoms with Crippen molar-refractivity contribution < 1.29 is 40.1 Å². The molecule has 11 heteroatoms. The van der Waals surface area contributed by atoms with Crippen molar-refractivity contribution in [2.24, 2.45) is 0 Å². The first-order valence-electron chi connectivity index (χ1n) is 26.0. The lowest BCUT2D eigenvalue weighted by atomic mass is 9.98. The van der Waals surface area contributed by atoms with Crippen molar-refractivity contribution in [1.29, 1.82) is 0 Å². The average Bonchev–Trinajstić information content (AvgIpc) is 3.74. The van der Waals surface area contributed by atoms with Crippen LogP contribution < -0.4 is 0 Å². The second-order valence-electron chi connectivity index (χ2n) is 18.7. The van der Waals surface area contributed by atoms with Gasteiger partial charge >= 0.3 is 0 Å². The number of rotatable bonds is 43. The quantitative estimate of drug-likeness (QED) is 0.0347. The first-order valence-corrected chi connectivity index (χ1v) is 26.0. The summed E-state index contributed by atoms with van der Waals surface area (Å²) < 4.78 is 12.9. The molecule has 0 bridgehead atoms. The van der Waals surface area contributed by atoms with Gasteiger partial charge in [-0.25, -0.2) is 4.68 Å². The Morgan fingerprint density at radius 1 is 0.557 bits per heavy atom. The summed E-state index contributed by atoms with van der Waals surface area (Å²) in [4.78, 5) is 0. The molecular formula is C50H97N3O8. The van der Waals surface area contributed by atoms with E-state index in [0.717, 1.165) is 44.2 Å². The molecule has 0 spiro atoms. The lowest BCUT2D eigenvalue weighted by Crippen LogP contribution is -2.59. The number of hydrogen-bond acceptors (Lipinski definition) is 10. The fourth-order valence-electron chi connectivity index (χ4n) is 8.86. The van der Waals surface area contributed by atoms with E-state index in [4.69, 9.17) is 9.47 Å². The van der Waals surface area contributed by atoms with Crippen LogP contribution in [0, 0.1) is 0 Å². The first-order chi connectivity index (χ1) is 29.8. The Hall–Kier alpha value is -1.18. The van der Waals surface area contributed by atoms with Crippen LogP contribution >= 0.6 is 0 Å². The van der Waals surface area contributed by atoms with Gasteiger partial charge in [0, 0.05) is 6.20 Å². The highest BCUT2D eigenvalue weighted by atomic mass is 16.7. The van der Waals surface area contributed by atoms with Crippen molar-refractivity contribution in [3.63, 3.8) is 0 Å². The Morgan fingerprint density at radius 3 is 1.36 bits per heavy atom. The maximum atomic E-state index is 11.4. The molecule has 8 atom stereocenters. The van der Waals surface area contributed by atoms with Crippen LogP contribution in [0.4, 0.5) is 0 Å². The second kappa shape index (κ2) is 38.1. The predicted molar refractivity (Wildman–Crippen MR) is 247 cm³/mol. The summed E-state index contributed by atoms with van der Waals surface area (Å²) in [7, 11) is 0. The highest BCUT2D eigenvalue weighted by Crippen LogP contribution is 2.26. The Bertz CT molecular complexity index is 1100. The van der Waals surface area contributed by atoms with Gasteiger partial charge < -0.3 is 40.1 Å². The molecule has 1 aromatic rings. The van der Waals surface area contributed by atoms with Crippen LogP contribution in [-0.2, 0) is 15.9 Å². The Labute approximate surface area is 373 Å². The number of ether oxygens (including phenoxy) is 2. The minimum absolute atomic E-state index is 0.207. The summed E-state index contributed by atoms with van der Waals surface area (Å²) in [6.45, 7) is 3.76. The lowest BCUT2D eigenvalue weighted by Gasteiger charge is -2.40. The molecule has 0 amide bonds. The standard InChI is InChI=1S/C50H97N3O8/c1-3-5-7-9-11-13-15-17-18-19-20-21-22-23-24-25-26-27-29-31-33-35-37-42-39-53(52-51-42)43(41-60-50-49(59)48(58)47(57)45(40-54)61-50)46(56)44(55)38-36-34-32-30-28-16-14-12-10-8-6-4-2/h39,43-50,54-59H,3-38,40-41H2,1-2H3/t43-,44+,45?,46-,47-,48-,49+,50-/m0/s1. The molecule has 0 aromatic carbocycles. The highest BCUT2D eigenvalue weighted by Gasteiger charge is 2.44. The topological polar surface area (TPSA) is 171 Å². The maximum Gasteiger partial charge on any atom is 0.186 e. The van der Waals surface area contributed by atoms with Gasteiger partial charge in [0.05, 0.1) is 25.0 Å². The van der Waals surface area contributed by atoms with Gasteiger partial charge in [-0.15, -0.1) is 5.10 Å². The van der Waals surface area contributed by atoms with E-state index in [9.17, 15) is 30.6 Å². The number of aromatic nitrogens is 3. The zero-order valence-electron chi connectivity index (χ0n) is 39.4. The van der Waals surface area contributed by atoms with E-state index in [1.165, 1.54) is 191 Å². The van der Waals surface area contributed by atoms with Gasteiger partial charge in [-0.1, -0.05) is 231 Å². The smallest absolute Gasteiger partial charge is 0.186 e. The SMILES string of the molecule is CCCCCCCCCCCCCCCCCCCCCCCCc1cn([C@@H](CO[C@H]2OC(CO)[C@H](O)[C@H](O)[C@H]2O)[C@H](O)[C@H](O)CCCCCCCCCCCCCC)nn1. The molecule has 1 aliphatic rings. The molecule has 61 heavy (non-hydrogen) atoms. The molecule has 0 radical (unpaired) electrons. The maximum absolute atomic E-state index is 11.4. The number of unbranched alkanes of at least 4 members (excludes halogenated alkanes) is 32. The molecular weight excluding hydrogens is 771 g/mol. The summed E-state index contributed by atoms with van der Waals surface area (Å²) in [5, 5.41) is 71.8. The van der Waals surface area contributed by atoms with Crippen molar-refractivity contribution in [3.8, 4) is 0 Å². The van der Waals surface area contributed by atoms with Gasteiger partial charge in [0.15, 0.2) is 6.29 Å². The minimum Gasteiger partial charge on any atom is -0.394 e. The molecule has 0 aliphatic carbocycles. The molecule has 2 rings (SSSR count).